The SMILES string of the molecule is N#Cc1ccc(NC2CCCc3sc(I)cc32)c(Br)c1. The second-order valence-electron chi connectivity index (χ2n) is 4.82. The first-order valence-electron chi connectivity index (χ1n) is 6.41. The van der Waals surface area contributed by atoms with Crippen molar-refractivity contribution >= 4 is 55.5 Å². The predicted molar refractivity (Wildman–Crippen MR) is 95.2 cm³/mol. The fourth-order valence-electron chi connectivity index (χ4n) is 2.56. The topological polar surface area (TPSA) is 35.8 Å². The maximum atomic E-state index is 8.92. The average molecular weight is 459 g/mol. The monoisotopic (exact) mass is 458 g/mol. The van der Waals surface area contributed by atoms with Crippen molar-refractivity contribution in [3.8, 4) is 6.07 Å². The third kappa shape index (κ3) is 2.87. The van der Waals surface area contributed by atoms with Gasteiger partial charge >= 0.3 is 0 Å². The minimum atomic E-state index is 0.378. The second-order valence-corrected chi connectivity index (χ2v) is 8.71. The summed E-state index contributed by atoms with van der Waals surface area (Å²) in [6, 6.07) is 10.5. The smallest absolute Gasteiger partial charge is 0.0992 e. The van der Waals surface area contributed by atoms with E-state index in [1.54, 1.807) is 0 Å². The number of nitrogens with one attached hydrogen (secondary N) is 1. The van der Waals surface area contributed by atoms with Gasteiger partial charge in [0, 0.05) is 15.0 Å². The van der Waals surface area contributed by atoms with Crippen LogP contribution in [0.15, 0.2) is 28.7 Å². The molecule has 0 saturated heterocycles. The van der Waals surface area contributed by atoms with Crippen LogP contribution in [0.3, 0.4) is 0 Å². The van der Waals surface area contributed by atoms with Gasteiger partial charge in [0.05, 0.1) is 20.6 Å². The van der Waals surface area contributed by atoms with Gasteiger partial charge in [-0.1, -0.05) is 0 Å². The van der Waals surface area contributed by atoms with Gasteiger partial charge < -0.3 is 5.32 Å². The lowest BCUT2D eigenvalue weighted by Gasteiger charge is -2.25. The first kappa shape index (κ1) is 14.4. The molecule has 1 atom stereocenters. The first-order valence-corrected chi connectivity index (χ1v) is 9.10. The molecular formula is C15H12BrIN2S. The van der Waals surface area contributed by atoms with E-state index in [0.29, 0.717) is 11.6 Å². The zero-order valence-corrected chi connectivity index (χ0v) is 15.2. The van der Waals surface area contributed by atoms with Crippen molar-refractivity contribution in [2.24, 2.45) is 0 Å². The predicted octanol–water partition coefficient (Wildman–Crippen LogP) is 5.48. The Morgan fingerprint density at radius 1 is 1.40 bits per heavy atom. The molecule has 2 nitrogen and oxygen atoms in total. The van der Waals surface area contributed by atoms with E-state index in [0.717, 1.165) is 16.6 Å². The number of aryl methyl sites for hydroxylation is 1. The van der Waals surface area contributed by atoms with Gasteiger partial charge in [0.2, 0.25) is 0 Å². The number of nitrogens with zero attached hydrogens (tertiary/aromatic N) is 1. The Labute approximate surface area is 144 Å². The number of anilines is 1. The molecule has 1 aromatic carbocycles. The van der Waals surface area contributed by atoms with Gasteiger partial charge in [-0.05, 0) is 87.6 Å². The maximum absolute atomic E-state index is 8.92. The van der Waals surface area contributed by atoms with Gasteiger partial charge in [-0.25, -0.2) is 0 Å². The molecule has 0 saturated carbocycles. The standard InChI is InChI=1S/C15H12BrIN2S/c16-11-6-9(8-18)4-5-13(11)19-12-2-1-3-14-10(12)7-15(17)20-14/h4-7,12,19H,1-3H2. The molecule has 0 aliphatic heterocycles. The minimum absolute atomic E-state index is 0.378. The van der Waals surface area contributed by atoms with Crippen molar-refractivity contribution < 1.29 is 0 Å². The summed E-state index contributed by atoms with van der Waals surface area (Å²) >= 11 is 7.86. The molecule has 0 fully saturated rings. The number of halogens is 2. The molecule has 3 rings (SSSR count). The van der Waals surface area contributed by atoms with E-state index in [1.807, 2.05) is 29.5 Å². The molecule has 0 radical (unpaired) electrons. The largest absolute Gasteiger partial charge is 0.377 e. The third-order valence-electron chi connectivity index (χ3n) is 3.51. The van der Waals surface area contributed by atoms with Gasteiger partial charge in [0.1, 0.15) is 0 Å². The second kappa shape index (κ2) is 6.04. The molecule has 5 heteroatoms. The quantitative estimate of drug-likeness (QED) is 0.605. The molecule has 0 spiro atoms. The Balaban J connectivity index is 1.87. The number of thiophene rings is 1. The Hall–Kier alpha value is -0.580. The van der Waals surface area contributed by atoms with Crippen LogP contribution in [0.1, 0.15) is 34.9 Å². The number of fused-ring (bicyclic) bond motifs is 1. The molecule has 0 amide bonds. The normalized spacial score (nSPS) is 17.4. The maximum Gasteiger partial charge on any atom is 0.0992 e. The summed E-state index contributed by atoms with van der Waals surface area (Å²) in [6.45, 7) is 0. The number of benzene rings is 1. The van der Waals surface area contributed by atoms with Crippen LogP contribution < -0.4 is 5.32 Å². The lowest BCUT2D eigenvalue weighted by atomic mass is 9.94. The van der Waals surface area contributed by atoms with Crippen LogP contribution >= 0.6 is 49.9 Å². The summed E-state index contributed by atoms with van der Waals surface area (Å²) in [4.78, 5) is 1.52. The van der Waals surface area contributed by atoms with Crippen LogP contribution in [0.2, 0.25) is 0 Å². The van der Waals surface area contributed by atoms with Crippen LogP contribution in [-0.2, 0) is 6.42 Å². The number of hydrogen-bond acceptors (Lipinski definition) is 3. The molecule has 102 valence electrons. The van der Waals surface area contributed by atoms with Crippen molar-refractivity contribution in [3.63, 3.8) is 0 Å². The van der Waals surface area contributed by atoms with E-state index < -0.39 is 0 Å². The van der Waals surface area contributed by atoms with Crippen LogP contribution in [0.25, 0.3) is 0 Å². The average Bonchev–Trinajstić information content (AvgIpc) is 2.82. The van der Waals surface area contributed by atoms with Gasteiger partial charge in [-0.3, -0.25) is 0 Å². The van der Waals surface area contributed by atoms with E-state index in [4.69, 9.17) is 5.26 Å². The highest BCUT2D eigenvalue weighted by Crippen LogP contribution is 2.39. The highest BCUT2D eigenvalue weighted by atomic mass is 127. The first-order chi connectivity index (χ1) is 9.67. The van der Waals surface area contributed by atoms with E-state index in [9.17, 15) is 0 Å². The van der Waals surface area contributed by atoms with Crippen LogP contribution in [0.4, 0.5) is 5.69 Å². The van der Waals surface area contributed by atoms with Crippen LogP contribution in [-0.4, -0.2) is 0 Å². The summed E-state index contributed by atoms with van der Waals surface area (Å²) in [5.41, 5.74) is 3.18. The number of nitriles is 1. The Morgan fingerprint density at radius 2 is 2.25 bits per heavy atom. The summed E-state index contributed by atoms with van der Waals surface area (Å²) in [5.74, 6) is 0. The molecule has 20 heavy (non-hydrogen) atoms. The van der Waals surface area contributed by atoms with Gasteiger partial charge in [0.25, 0.3) is 0 Å². The van der Waals surface area contributed by atoms with Crippen LogP contribution in [0, 0.1) is 14.2 Å². The third-order valence-corrected chi connectivity index (χ3v) is 6.14. The lowest BCUT2D eigenvalue weighted by molar-refractivity contribution is 0.608. The van der Waals surface area contributed by atoms with Crippen molar-refractivity contribution in [2.45, 2.75) is 25.3 Å². The lowest BCUT2D eigenvalue weighted by Crippen LogP contribution is -2.15. The van der Waals surface area contributed by atoms with E-state index in [1.165, 1.54) is 26.2 Å². The van der Waals surface area contributed by atoms with E-state index >= 15 is 0 Å². The Bertz CT molecular complexity index is 690. The Kier molecular flexibility index (Phi) is 4.34. The van der Waals surface area contributed by atoms with Crippen molar-refractivity contribution in [1.82, 2.24) is 0 Å². The minimum Gasteiger partial charge on any atom is -0.377 e. The molecule has 2 aromatic rings. The molecule has 1 aliphatic rings. The molecule has 0 bridgehead atoms. The molecule has 1 heterocycles. The number of rotatable bonds is 2. The highest BCUT2D eigenvalue weighted by Gasteiger charge is 2.23. The van der Waals surface area contributed by atoms with Crippen LogP contribution in [0.5, 0.6) is 0 Å². The molecule has 1 N–H and O–H groups in total. The van der Waals surface area contributed by atoms with Crippen molar-refractivity contribution in [1.29, 1.82) is 5.26 Å². The molecule has 1 aliphatic carbocycles. The van der Waals surface area contributed by atoms with Gasteiger partial charge in [-0.2, -0.15) is 5.26 Å². The summed E-state index contributed by atoms with van der Waals surface area (Å²) in [7, 11) is 0. The summed E-state index contributed by atoms with van der Waals surface area (Å²) in [5, 5.41) is 12.5. The van der Waals surface area contributed by atoms with E-state index in [2.05, 4.69) is 56.0 Å². The molecular weight excluding hydrogens is 447 g/mol. The van der Waals surface area contributed by atoms with Gasteiger partial charge in [0.15, 0.2) is 0 Å². The molecule has 1 unspecified atom stereocenters. The zero-order valence-electron chi connectivity index (χ0n) is 10.6. The van der Waals surface area contributed by atoms with Crippen molar-refractivity contribution in [2.75, 3.05) is 5.32 Å². The summed E-state index contributed by atoms with van der Waals surface area (Å²) < 4.78 is 2.31. The van der Waals surface area contributed by atoms with Gasteiger partial charge in [-0.15, -0.1) is 11.3 Å². The Morgan fingerprint density at radius 3 is 3.00 bits per heavy atom. The fraction of sp³-hybridized carbons (Fsp3) is 0.267. The fourth-order valence-corrected chi connectivity index (χ4v) is 5.17. The van der Waals surface area contributed by atoms with E-state index in [-0.39, 0.29) is 0 Å². The summed E-state index contributed by atoms with van der Waals surface area (Å²) in [6.07, 6.45) is 3.59. The zero-order chi connectivity index (χ0) is 14.1. The van der Waals surface area contributed by atoms with Crippen molar-refractivity contribution in [3.05, 3.63) is 47.6 Å². The highest BCUT2D eigenvalue weighted by molar-refractivity contribution is 14.1. The number of hydrogen-bond donors (Lipinski definition) is 1. The molecule has 1 aromatic heterocycles.